The molecule has 0 aliphatic rings. The number of thioether (sulfide) groups is 1. The minimum absolute atomic E-state index is 0.00752. The fraction of sp³-hybridized carbons (Fsp3) is 0.286. The van der Waals surface area contributed by atoms with Gasteiger partial charge in [0.15, 0.2) is 21.8 Å². The van der Waals surface area contributed by atoms with Gasteiger partial charge in [0.05, 0.1) is 18.0 Å². The highest BCUT2D eigenvalue weighted by Gasteiger charge is 2.15. The fourth-order valence-electron chi connectivity index (χ4n) is 1.66. The van der Waals surface area contributed by atoms with Crippen LogP contribution in [0.1, 0.15) is 6.92 Å². The molecule has 2 amide bonds. The number of halogens is 3. The lowest BCUT2D eigenvalue weighted by Crippen LogP contribution is -2.34. The van der Waals surface area contributed by atoms with E-state index in [1.165, 1.54) is 11.3 Å². The maximum atomic E-state index is 13.4. The van der Waals surface area contributed by atoms with E-state index in [2.05, 4.69) is 26.1 Å². The van der Waals surface area contributed by atoms with Crippen LogP contribution in [0, 0.1) is 17.5 Å². The summed E-state index contributed by atoms with van der Waals surface area (Å²) in [6.07, 6.45) is 0. The molecule has 12 heteroatoms. The molecule has 0 aliphatic heterocycles. The molecule has 1 heterocycles. The lowest BCUT2D eigenvalue weighted by Gasteiger charge is -2.08. The third kappa shape index (κ3) is 5.59. The van der Waals surface area contributed by atoms with Gasteiger partial charge < -0.3 is 16.0 Å². The molecule has 26 heavy (non-hydrogen) atoms. The number of hydrogen-bond donors (Lipinski definition) is 3. The predicted molar refractivity (Wildman–Crippen MR) is 92.8 cm³/mol. The van der Waals surface area contributed by atoms with Crippen LogP contribution >= 0.6 is 23.1 Å². The highest BCUT2D eigenvalue weighted by atomic mass is 32.2. The summed E-state index contributed by atoms with van der Waals surface area (Å²) < 4.78 is 39.9. The van der Waals surface area contributed by atoms with E-state index in [4.69, 9.17) is 0 Å². The van der Waals surface area contributed by atoms with Gasteiger partial charge in [0.2, 0.25) is 16.9 Å². The van der Waals surface area contributed by atoms with Crippen LogP contribution in [0.25, 0.3) is 0 Å². The molecule has 0 radical (unpaired) electrons. The van der Waals surface area contributed by atoms with E-state index >= 15 is 0 Å². The van der Waals surface area contributed by atoms with Crippen molar-refractivity contribution in [1.29, 1.82) is 0 Å². The lowest BCUT2D eigenvalue weighted by atomic mass is 10.2. The number of rotatable bonds is 8. The van der Waals surface area contributed by atoms with Gasteiger partial charge in [-0.1, -0.05) is 23.1 Å². The van der Waals surface area contributed by atoms with E-state index < -0.39 is 41.5 Å². The summed E-state index contributed by atoms with van der Waals surface area (Å²) in [5.41, 5.74) is -0.512. The van der Waals surface area contributed by atoms with E-state index in [1.54, 1.807) is 0 Å². The van der Waals surface area contributed by atoms with Crippen molar-refractivity contribution >= 4 is 45.7 Å². The first-order valence-corrected chi connectivity index (χ1v) is 9.11. The molecule has 1 aromatic heterocycles. The molecule has 0 fully saturated rings. The van der Waals surface area contributed by atoms with Crippen molar-refractivity contribution < 1.29 is 22.8 Å². The number of carbonyl (C=O) groups excluding carboxylic acids is 2. The second-order valence-corrected chi connectivity index (χ2v) is 6.94. The Balaban J connectivity index is 1.76. The molecule has 0 spiro atoms. The van der Waals surface area contributed by atoms with Gasteiger partial charge in [0.1, 0.15) is 0 Å². The maximum Gasteiger partial charge on any atom is 0.243 e. The van der Waals surface area contributed by atoms with Crippen molar-refractivity contribution in [2.45, 2.75) is 11.3 Å². The molecule has 0 atom stereocenters. The molecule has 2 aromatic rings. The second-order valence-electron chi connectivity index (χ2n) is 4.74. The number of benzene rings is 1. The first-order valence-electron chi connectivity index (χ1n) is 7.31. The Labute approximate surface area is 154 Å². The van der Waals surface area contributed by atoms with Crippen LogP contribution in [0.3, 0.4) is 0 Å². The van der Waals surface area contributed by atoms with Crippen LogP contribution in [0.15, 0.2) is 16.5 Å². The quantitative estimate of drug-likeness (QED) is 0.461. The Bertz CT molecular complexity index is 803. The SMILES string of the molecule is CCNc1nnc(SCC(=O)NCC(=O)Nc2ccc(F)c(F)c2F)s1. The van der Waals surface area contributed by atoms with Crippen molar-refractivity contribution in [2.24, 2.45) is 0 Å². The average molecular weight is 405 g/mol. The van der Waals surface area contributed by atoms with E-state index in [1.807, 2.05) is 6.92 Å². The van der Waals surface area contributed by atoms with E-state index in [9.17, 15) is 22.8 Å². The van der Waals surface area contributed by atoms with Crippen LogP contribution in [-0.2, 0) is 9.59 Å². The van der Waals surface area contributed by atoms with Crippen LogP contribution < -0.4 is 16.0 Å². The van der Waals surface area contributed by atoms with E-state index in [0.29, 0.717) is 22.1 Å². The molecular formula is C14H14F3N5O2S2. The Morgan fingerprint density at radius 1 is 1.15 bits per heavy atom. The summed E-state index contributed by atoms with van der Waals surface area (Å²) >= 11 is 2.44. The van der Waals surface area contributed by atoms with Gasteiger partial charge in [-0.15, -0.1) is 10.2 Å². The highest BCUT2D eigenvalue weighted by molar-refractivity contribution is 8.01. The molecule has 0 bridgehead atoms. The van der Waals surface area contributed by atoms with Gasteiger partial charge in [0, 0.05) is 6.54 Å². The van der Waals surface area contributed by atoms with Gasteiger partial charge in [0.25, 0.3) is 0 Å². The molecule has 1 aromatic carbocycles. The smallest absolute Gasteiger partial charge is 0.243 e. The first kappa shape index (κ1) is 20.0. The standard InChI is InChI=1S/C14H14F3N5O2S2/c1-2-18-13-21-22-14(26-13)25-6-10(24)19-5-9(23)20-8-4-3-7(15)11(16)12(8)17/h3-4H,2,5-6H2,1H3,(H,18,21)(H,19,24)(H,20,23). The van der Waals surface area contributed by atoms with Gasteiger partial charge in [-0.05, 0) is 19.1 Å². The van der Waals surface area contributed by atoms with Crippen molar-refractivity contribution in [2.75, 3.05) is 29.5 Å². The lowest BCUT2D eigenvalue weighted by molar-refractivity contribution is -0.122. The molecule has 140 valence electrons. The van der Waals surface area contributed by atoms with Crippen LogP contribution in [0.5, 0.6) is 0 Å². The summed E-state index contributed by atoms with van der Waals surface area (Å²) in [7, 11) is 0. The Morgan fingerprint density at radius 3 is 2.65 bits per heavy atom. The molecule has 0 unspecified atom stereocenters. The van der Waals surface area contributed by atoms with Gasteiger partial charge in [-0.25, -0.2) is 13.2 Å². The van der Waals surface area contributed by atoms with Crippen molar-refractivity contribution in [3.05, 3.63) is 29.6 Å². The molecule has 7 nitrogen and oxygen atoms in total. The zero-order valence-electron chi connectivity index (χ0n) is 13.4. The Kier molecular flexibility index (Phi) is 7.21. The number of carbonyl (C=O) groups is 2. The molecule has 0 aliphatic carbocycles. The van der Waals surface area contributed by atoms with Crippen LogP contribution in [0.2, 0.25) is 0 Å². The minimum Gasteiger partial charge on any atom is -0.360 e. The third-order valence-electron chi connectivity index (χ3n) is 2.82. The van der Waals surface area contributed by atoms with Crippen LogP contribution in [0.4, 0.5) is 24.0 Å². The Hall–Kier alpha value is -2.34. The van der Waals surface area contributed by atoms with Crippen molar-refractivity contribution in [3.8, 4) is 0 Å². The average Bonchev–Trinajstić information content (AvgIpc) is 3.06. The Morgan fingerprint density at radius 2 is 1.92 bits per heavy atom. The summed E-state index contributed by atoms with van der Waals surface area (Å²) in [6, 6.07) is 1.58. The fourth-order valence-corrected chi connectivity index (χ4v) is 3.31. The van der Waals surface area contributed by atoms with Crippen molar-refractivity contribution in [1.82, 2.24) is 15.5 Å². The maximum absolute atomic E-state index is 13.4. The molecule has 0 saturated heterocycles. The number of nitrogens with zero attached hydrogens (tertiary/aromatic N) is 2. The molecular weight excluding hydrogens is 391 g/mol. The molecule has 2 rings (SSSR count). The van der Waals surface area contributed by atoms with Gasteiger partial charge in [-0.2, -0.15) is 0 Å². The predicted octanol–water partition coefficient (Wildman–Crippen LogP) is 2.23. The van der Waals surface area contributed by atoms with Gasteiger partial charge in [-0.3, -0.25) is 9.59 Å². The minimum atomic E-state index is -1.68. The second kappa shape index (κ2) is 9.38. The van der Waals surface area contributed by atoms with Gasteiger partial charge >= 0.3 is 0 Å². The molecule has 3 N–H and O–H groups in total. The van der Waals surface area contributed by atoms with E-state index in [-0.39, 0.29) is 5.75 Å². The summed E-state index contributed by atoms with van der Waals surface area (Å²) in [6.45, 7) is 2.17. The topological polar surface area (TPSA) is 96.0 Å². The zero-order valence-corrected chi connectivity index (χ0v) is 15.1. The monoisotopic (exact) mass is 405 g/mol. The first-order chi connectivity index (χ1) is 12.4. The number of hydrogen-bond acceptors (Lipinski definition) is 7. The summed E-state index contributed by atoms with van der Waals surface area (Å²) in [4.78, 5) is 23.4. The number of amides is 2. The van der Waals surface area contributed by atoms with Crippen molar-refractivity contribution in [3.63, 3.8) is 0 Å². The number of nitrogens with one attached hydrogen (secondary N) is 3. The number of aromatic nitrogens is 2. The number of anilines is 2. The largest absolute Gasteiger partial charge is 0.360 e. The van der Waals surface area contributed by atoms with Crippen LogP contribution in [-0.4, -0.2) is 40.9 Å². The third-order valence-corrected chi connectivity index (χ3v) is 4.83. The zero-order chi connectivity index (χ0) is 19.1. The summed E-state index contributed by atoms with van der Waals surface area (Å²) in [5.74, 6) is -5.77. The summed E-state index contributed by atoms with van der Waals surface area (Å²) in [5, 5.41) is 15.8. The normalized spacial score (nSPS) is 10.5. The molecule has 0 saturated carbocycles. The highest BCUT2D eigenvalue weighted by Crippen LogP contribution is 2.25. The van der Waals surface area contributed by atoms with E-state index in [0.717, 1.165) is 17.8 Å².